The zero-order valence-corrected chi connectivity index (χ0v) is 9.11. The maximum atomic E-state index is 12.2. The van der Waals surface area contributed by atoms with E-state index in [9.17, 15) is 9.59 Å². The first-order valence-corrected chi connectivity index (χ1v) is 5.60. The summed E-state index contributed by atoms with van der Waals surface area (Å²) < 4.78 is 0. The van der Waals surface area contributed by atoms with Gasteiger partial charge in [-0.3, -0.25) is 9.59 Å². The predicted octanol–water partition coefficient (Wildman–Crippen LogP) is 2.94. The van der Waals surface area contributed by atoms with Gasteiger partial charge in [-0.15, -0.1) is 0 Å². The van der Waals surface area contributed by atoms with Crippen molar-refractivity contribution in [1.29, 1.82) is 0 Å². The minimum absolute atomic E-state index is 0.0161. The summed E-state index contributed by atoms with van der Waals surface area (Å²) in [6.07, 6.45) is 4.35. The van der Waals surface area contributed by atoms with Crippen molar-refractivity contribution in [3.05, 3.63) is 47.0 Å². The van der Waals surface area contributed by atoms with E-state index >= 15 is 0 Å². The molecular weight excluding hydrogens is 200 g/mol. The molecule has 1 aromatic carbocycles. The van der Waals surface area contributed by atoms with Crippen LogP contribution in [0.1, 0.15) is 36.0 Å². The van der Waals surface area contributed by atoms with Gasteiger partial charge in [0.15, 0.2) is 5.78 Å². The van der Waals surface area contributed by atoms with Crippen LogP contribution in [0.5, 0.6) is 0 Å². The Kier molecular flexibility index (Phi) is 3.30. The van der Waals surface area contributed by atoms with Gasteiger partial charge in [-0.2, -0.15) is 0 Å². The first kappa shape index (κ1) is 10.8. The van der Waals surface area contributed by atoms with Gasteiger partial charge in [0.2, 0.25) is 0 Å². The Bertz CT molecular complexity index is 429. The molecule has 0 saturated heterocycles. The summed E-state index contributed by atoms with van der Waals surface area (Å²) in [7, 11) is 0. The molecule has 0 bridgehead atoms. The molecule has 0 amide bonds. The fourth-order valence-electron chi connectivity index (χ4n) is 2.08. The summed E-state index contributed by atoms with van der Waals surface area (Å²) >= 11 is 0. The average Bonchev–Trinajstić information content (AvgIpc) is 2.39. The van der Waals surface area contributed by atoms with Crippen molar-refractivity contribution in [2.45, 2.75) is 25.7 Å². The first-order chi connectivity index (χ1) is 7.83. The maximum absolute atomic E-state index is 12.2. The van der Waals surface area contributed by atoms with Gasteiger partial charge < -0.3 is 0 Å². The van der Waals surface area contributed by atoms with Gasteiger partial charge in [0.1, 0.15) is 6.29 Å². The quantitative estimate of drug-likeness (QED) is 0.572. The van der Waals surface area contributed by atoms with Crippen LogP contribution in [0.25, 0.3) is 0 Å². The van der Waals surface area contributed by atoms with Crippen LogP contribution in [-0.2, 0) is 4.79 Å². The lowest BCUT2D eigenvalue weighted by molar-refractivity contribution is -0.105. The fourth-order valence-corrected chi connectivity index (χ4v) is 2.08. The molecule has 1 aromatic rings. The van der Waals surface area contributed by atoms with Crippen molar-refractivity contribution in [1.82, 2.24) is 0 Å². The summed E-state index contributed by atoms with van der Waals surface area (Å²) in [4.78, 5) is 23.0. The van der Waals surface area contributed by atoms with E-state index in [0.717, 1.165) is 32.0 Å². The first-order valence-electron chi connectivity index (χ1n) is 5.60. The Labute approximate surface area is 95.0 Å². The molecule has 0 radical (unpaired) electrons. The normalized spacial score (nSPS) is 16.0. The molecule has 0 fully saturated rings. The molecule has 0 spiro atoms. The molecule has 0 atom stereocenters. The number of ketones is 1. The lowest BCUT2D eigenvalue weighted by Gasteiger charge is -2.15. The third-order valence-corrected chi connectivity index (χ3v) is 2.96. The number of aldehydes is 1. The summed E-state index contributed by atoms with van der Waals surface area (Å²) in [6.45, 7) is 0. The molecular formula is C14H14O2. The smallest absolute Gasteiger partial charge is 0.189 e. The molecule has 2 nitrogen and oxygen atoms in total. The summed E-state index contributed by atoms with van der Waals surface area (Å²) in [6, 6.07) is 9.17. The van der Waals surface area contributed by atoms with Crippen molar-refractivity contribution >= 4 is 12.1 Å². The molecule has 0 aromatic heterocycles. The van der Waals surface area contributed by atoms with E-state index in [2.05, 4.69) is 0 Å². The van der Waals surface area contributed by atoms with Crippen molar-refractivity contribution in [2.24, 2.45) is 0 Å². The topological polar surface area (TPSA) is 34.1 Å². The molecule has 0 unspecified atom stereocenters. The van der Waals surface area contributed by atoms with Crippen LogP contribution in [-0.4, -0.2) is 12.1 Å². The van der Waals surface area contributed by atoms with Crippen molar-refractivity contribution in [2.75, 3.05) is 0 Å². The second kappa shape index (κ2) is 4.88. The van der Waals surface area contributed by atoms with Gasteiger partial charge in [0, 0.05) is 11.1 Å². The van der Waals surface area contributed by atoms with E-state index in [1.54, 1.807) is 12.1 Å². The van der Waals surface area contributed by atoms with Crippen LogP contribution in [0.15, 0.2) is 41.5 Å². The van der Waals surface area contributed by atoms with Crippen LogP contribution in [0.2, 0.25) is 0 Å². The number of hydrogen-bond acceptors (Lipinski definition) is 2. The van der Waals surface area contributed by atoms with Gasteiger partial charge in [-0.1, -0.05) is 30.3 Å². The average molecular weight is 214 g/mol. The van der Waals surface area contributed by atoms with Crippen molar-refractivity contribution in [3.63, 3.8) is 0 Å². The molecule has 1 aliphatic rings. The fraction of sp³-hybridized carbons (Fsp3) is 0.286. The Morgan fingerprint density at radius 2 is 1.75 bits per heavy atom. The highest BCUT2D eigenvalue weighted by atomic mass is 16.1. The number of rotatable bonds is 3. The third-order valence-electron chi connectivity index (χ3n) is 2.96. The monoisotopic (exact) mass is 214 g/mol. The summed E-state index contributed by atoms with van der Waals surface area (Å²) in [5, 5.41) is 0. The molecule has 1 aliphatic carbocycles. The summed E-state index contributed by atoms with van der Waals surface area (Å²) in [5.74, 6) is 0.0161. The molecule has 2 rings (SSSR count). The number of carbonyl (C=O) groups is 2. The zero-order valence-electron chi connectivity index (χ0n) is 9.11. The van der Waals surface area contributed by atoms with Crippen LogP contribution < -0.4 is 0 Å². The molecule has 0 N–H and O–H groups in total. The lowest BCUT2D eigenvalue weighted by atomic mass is 9.88. The van der Waals surface area contributed by atoms with Crippen molar-refractivity contribution < 1.29 is 9.59 Å². The minimum atomic E-state index is 0.0161. The molecule has 0 aliphatic heterocycles. The standard InChI is InChI=1S/C14H14O2/c15-10-12-8-4-5-9-13(12)14(16)11-6-2-1-3-7-11/h1-3,6-7,10H,4-5,8-9H2. The molecule has 16 heavy (non-hydrogen) atoms. The van der Waals surface area contributed by atoms with Crippen molar-refractivity contribution in [3.8, 4) is 0 Å². The third kappa shape index (κ3) is 2.11. The van der Waals surface area contributed by atoms with E-state index in [0.29, 0.717) is 16.7 Å². The highest BCUT2D eigenvalue weighted by Crippen LogP contribution is 2.26. The molecule has 82 valence electrons. The molecule has 0 saturated carbocycles. The van der Waals surface area contributed by atoms with E-state index < -0.39 is 0 Å². The van der Waals surface area contributed by atoms with Crippen LogP contribution in [0.3, 0.4) is 0 Å². The number of hydrogen-bond donors (Lipinski definition) is 0. The van der Waals surface area contributed by atoms with E-state index in [1.807, 2.05) is 18.2 Å². The van der Waals surface area contributed by atoms with Gasteiger partial charge >= 0.3 is 0 Å². The summed E-state index contributed by atoms with van der Waals surface area (Å²) in [5.41, 5.74) is 2.09. The number of benzene rings is 1. The van der Waals surface area contributed by atoms with Gasteiger partial charge in [-0.25, -0.2) is 0 Å². The Morgan fingerprint density at radius 3 is 2.44 bits per heavy atom. The number of allylic oxidation sites excluding steroid dienone is 2. The Hall–Kier alpha value is -1.70. The second-order valence-electron chi connectivity index (χ2n) is 4.02. The SMILES string of the molecule is O=CC1=C(C(=O)c2ccccc2)CCCC1. The van der Waals surface area contributed by atoms with Crippen LogP contribution in [0.4, 0.5) is 0 Å². The largest absolute Gasteiger partial charge is 0.298 e. The van der Waals surface area contributed by atoms with Gasteiger partial charge in [-0.05, 0) is 31.3 Å². The van der Waals surface area contributed by atoms with Crippen LogP contribution in [0, 0.1) is 0 Å². The Morgan fingerprint density at radius 1 is 1.06 bits per heavy atom. The molecule has 2 heteroatoms. The number of carbonyl (C=O) groups excluding carboxylic acids is 2. The highest BCUT2D eigenvalue weighted by Gasteiger charge is 2.19. The van der Waals surface area contributed by atoms with Gasteiger partial charge in [0.25, 0.3) is 0 Å². The minimum Gasteiger partial charge on any atom is -0.298 e. The van der Waals surface area contributed by atoms with E-state index in [1.165, 1.54) is 0 Å². The second-order valence-corrected chi connectivity index (χ2v) is 4.02. The predicted molar refractivity (Wildman–Crippen MR) is 62.3 cm³/mol. The number of Topliss-reactive ketones (excluding diaryl/α,β-unsaturated/α-hetero) is 1. The van der Waals surface area contributed by atoms with E-state index in [-0.39, 0.29) is 5.78 Å². The Balaban J connectivity index is 2.34. The van der Waals surface area contributed by atoms with E-state index in [4.69, 9.17) is 0 Å². The van der Waals surface area contributed by atoms with Crippen LogP contribution >= 0.6 is 0 Å². The lowest BCUT2D eigenvalue weighted by Crippen LogP contribution is -2.11. The molecule has 0 heterocycles. The highest BCUT2D eigenvalue weighted by molar-refractivity contribution is 6.11. The zero-order chi connectivity index (χ0) is 11.4. The van der Waals surface area contributed by atoms with Gasteiger partial charge in [0.05, 0.1) is 0 Å². The maximum Gasteiger partial charge on any atom is 0.189 e.